The van der Waals surface area contributed by atoms with E-state index in [4.69, 9.17) is 4.74 Å². The first-order valence-electron chi connectivity index (χ1n) is 9.80. The first-order valence-corrected chi connectivity index (χ1v) is 10.4. The molecular formula is C20H38O3S. The van der Waals surface area contributed by atoms with Gasteiger partial charge in [-0.05, 0) is 32.1 Å². The standard InChI is InChI=1S/C20H38O3S/c1-2-3-4-11-14-19(21)15-12-9-7-5-6-8-10-13-16-20(22)23-17-18-24/h9,12,19,21,24H,2-8,10-11,13-18H2,1H3/t19-/m1/s1. The van der Waals surface area contributed by atoms with E-state index in [1.165, 1.54) is 38.5 Å². The number of unbranched alkanes of at least 4 members (excludes halogenated alkanes) is 8. The largest absolute Gasteiger partial charge is 0.465 e. The minimum absolute atomic E-state index is 0.0970. The van der Waals surface area contributed by atoms with Gasteiger partial charge in [0, 0.05) is 12.2 Å². The molecule has 0 saturated heterocycles. The molecule has 1 N–H and O–H groups in total. The molecule has 0 saturated carbocycles. The monoisotopic (exact) mass is 358 g/mol. The van der Waals surface area contributed by atoms with Gasteiger partial charge in [0.05, 0.1) is 6.10 Å². The molecule has 0 aromatic rings. The summed E-state index contributed by atoms with van der Waals surface area (Å²) in [6, 6.07) is 0. The van der Waals surface area contributed by atoms with E-state index in [1.807, 2.05) is 0 Å². The van der Waals surface area contributed by atoms with Gasteiger partial charge in [-0.3, -0.25) is 4.79 Å². The van der Waals surface area contributed by atoms with Crippen LogP contribution in [0.25, 0.3) is 0 Å². The zero-order valence-corrected chi connectivity index (χ0v) is 16.4. The lowest BCUT2D eigenvalue weighted by Crippen LogP contribution is -2.06. The third-order valence-corrected chi connectivity index (χ3v) is 4.25. The fourth-order valence-electron chi connectivity index (χ4n) is 2.59. The van der Waals surface area contributed by atoms with Gasteiger partial charge < -0.3 is 9.84 Å². The fourth-order valence-corrected chi connectivity index (χ4v) is 2.68. The molecule has 0 radical (unpaired) electrons. The highest BCUT2D eigenvalue weighted by atomic mass is 32.1. The second-order valence-electron chi connectivity index (χ2n) is 6.46. The molecule has 1 atom stereocenters. The summed E-state index contributed by atoms with van der Waals surface area (Å²) in [7, 11) is 0. The molecule has 0 aliphatic rings. The van der Waals surface area contributed by atoms with Gasteiger partial charge in [-0.15, -0.1) is 0 Å². The van der Waals surface area contributed by atoms with Crippen molar-refractivity contribution in [2.75, 3.05) is 12.4 Å². The zero-order chi connectivity index (χ0) is 17.9. The van der Waals surface area contributed by atoms with Crippen LogP contribution in [-0.4, -0.2) is 29.5 Å². The number of allylic oxidation sites excluding steroid dienone is 1. The SMILES string of the molecule is CCCCCC[C@@H](O)CC=CCCCCCCCC(=O)OCCS. The number of ether oxygens (including phenoxy) is 1. The number of aliphatic hydroxyl groups is 1. The molecule has 0 fully saturated rings. The van der Waals surface area contributed by atoms with E-state index in [9.17, 15) is 9.90 Å². The van der Waals surface area contributed by atoms with E-state index >= 15 is 0 Å². The molecule has 0 bridgehead atoms. The van der Waals surface area contributed by atoms with Crippen LogP contribution in [0.4, 0.5) is 0 Å². The van der Waals surface area contributed by atoms with Crippen LogP contribution >= 0.6 is 12.6 Å². The van der Waals surface area contributed by atoms with Crippen molar-refractivity contribution >= 4 is 18.6 Å². The van der Waals surface area contributed by atoms with Gasteiger partial charge in [0.2, 0.25) is 0 Å². The van der Waals surface area contributed by atoms with E-state index in [1.54, 1.807) is 0 Å². The van der Waals surface area contributed by atoms with Crippen molar-refractivity contribution in [2.24, 2.45) is 0 Å². The number of hydrogen-bond donors (Lipinski definition) is 2. The Hall–Kier alpha value is -0.480. The van der Waals surface area contributed by atoms with Crippen LogP contribution in [0.15, 0.2) is 12.2 Å². The molecule has 4 heteroatoms. The molecule has 0 aliphatic heterocycles. The van der Waals surface area contributed by atoms with E-state index in [0.717, 1.165) is 38.5 Å². The number of aliphatic hydroxyl groups excluding tert-OH is 1. The van der Waals surface area contributed by atoms with Crippen LogP contribution in [0, 0.1) is 0 Å². The Morgan fingerprint density at radius 1 is 1.04 bits per heavy atom. The first kappa shape index (κ1) is 23.5. The van der Waals surface area contributed by atoms with Crippen molar-refractivity contribution in [3.05, 3.63) is 12.2 Å². The molecule has 24 heavy (non-hydrogen) atoms. The Morgan fingerprint density at radius 2 is 1.75 bits per heavy atom. The van der Waals surface area contributed by atoms with Crippen LogP contribution in [-0.2, 0) is 9.53 Å². The summed E-state index contributed by atoms with van der Waals surface area (Å²) in [4.78, 5) is 11.3. The van der Waals surface area contributed by atoms with Gasteiger partial charge in [0.15, 0.2) is 0 Å². The Morgan fingerprint density at radius 3 is 2.50 bits per heavy atom. The summed E-state index contributed by atoms with van der Waals surface area (Å²) in [5, 5.41) is 9.85. The highest BCUT2D eigenvalue weighted by Crippen LogP contribution is 2.10. The Bertz CT molecular complexity index is 305. The smallest absolute Gasteiger partial charge is 0.305 e. The van der Waals surface area contributed by atoms with Gasteiger partial charge in [-0.1, -0.05) is 64.0 Å². The summed E-state index contributed by atoms with van der Waals surface area (Å²) >= 11 is 4.00. The quantitative estimate of drug-likeness (QED) is 0.157. The summed E-state index contributed by atoms with van der Waals surface area (Å²) in [5.41, 5.74) is 0. The zero-order valence-electron chi connectivity index (χ0n) is 15.5. The third-order valence-electron chi connectivity index (χ3n) is 4.07. The second-order valence-corrected chi connectivity index (χ2v) is 6.91. The molecule has 0 spiro atoms. The molecule has 0 amide bonds. The minimum Gasteiger partial charge on any atom is -0.465 e. The maximum absolute atomic E-state index is 11.3. The molecule has 3 nitrogen and oxygen atoms in total. The number of carbonyl (C=O) groups excluding carboxylic acids is 1. The lowest BCUT2D eigenvalue weighted by molar-refractivity contribution is -0.143. The number of rotatable bonds is 17. The first-order chi connectivity index (χ1) is 11.7. The third kappa shape index (κ3) is 17.9. The minimum atomic E-state index is -0.166. The molecule has 0 aromatic carbocycles. The van der Waals surface area contributed by atoms with Crippen molar-refractivity contribution in [1.82, 2.24) is 0 Å². The molecule has 0 heterocycles. The Labute approximate surface area is 154 Å². The predicted octanol–water partition coefficient (Wildman–Crippen LogP) is 5.47. The van der Waals surface area contributed by atoms with Gasteiger partial charge >= 0.3 is 5.97 Å². The molecule has 142 valence electrons. The number of thiol groups is 1. The van der Waals surface area contributed by atoms with Crippen LogP contribution in [0.3, 0.4) is 0 Å². The lowest BCUT2D eigenvalue weighted by Gasteiger charge is -2.07. The van der Waals surface area contributed by atoms with E-state index in [2.05, 4.69) is 31.7 Å². The van der Waals surface area contributed by atoms with Crippen LogP contribution in [0.5, 0.6) is 0 Å². The van der Waals surface area contributed by atoms with Crippen molar-refractivity contribution in [2.45, 2.75) is 96.5 Å². The van der Waals surface area contributed by atoms with E-state index < -0.39 is 0 Å². The van der Waals surface area contributed by atoms with Gasteiger partial charge in [-0.2, -0.15) is 12.6 Å². The average molecular weight is 359 g/mol. The Balaban J connectivity index is 3.30. The molecule has 0 unspecified atom stereocenters. The molecule has 0 rings (SSSR count). The van der Waals surface area contributed by atoms with Crippen molar-refractivity contribution in [1.29, 1.82) is 0 Å². The number of hydrogen-bond acceptors (Lipinski definition) is 4. The van der Waals surface area contributed by atoms with E-state index in [-0.39, 0.29) is 12.1 Å². The highest BCUT2D eigenvalue weighted by Gasteiger charge is 2.02. The highest BCUT2D eigenvalue weighted by molar-refractivity contribution is 7.80. The molecule has 0 aromatic heterocycles. The normalized spacial score (nSPS) is 12.6. The van der Waals surface area contributed by atoms with Crippen molar-refractivity contribution < 1.29 is 14.6 Å². The summed E-state index contributed by atoms with van der Waals surface area (Å²) in [5.74, 6) is 0.495. The number of esters is 1. The van der Waals surface area contributed by atoms with Crippen LogP contribution < -0.4 is 0 Å². The summed E-state index contributed by atoms with van der Waals surface area (Å²) < 4.78 is 4.97. The summed E-state index contributed by atoms with van der Waals surface area (Å²) in [6.45, 7) is 2.62. The van der Waals surface area contributed by atoms with Gasteiger partial charge in [0.1, 0.15) is 6.61 Å². The van der Waals surface area contributed by atoms with Crippen molar-refractivity contribution in [3.63, 3.8) is 0 Å². The predicted molar refractivity (Wildman–Crippen MR) is 106 cm³/mol. The average Bonchev–Trinajstić information content (AvgIpc) is 2.58. The van der Waals surface area contributed by atoms with Crippen LogP contribution in [0.1, 0.15) is 90.4 Å². The number of carbonyl (C=O) groups is 1. The van der Waals surface area contributed by atoms with E-state index in [0.29, 0.717) is 18.8 Å². The van der Waals surface area contributed by atoms with Gasteiger partial charge in [0.25, 0.3) is 0 Å². The second kappa shape index (κ2) is 18.9. The van der Waals surface area contributed by atoms with Gasteiger partial charge in [-0.25, -0.2) is 0 Å². The Kier molecular flexibility index (Phi) is 18.5. The van der Waals surface area contributed by atoms with Crippen molar-refractivity contribution in [3.8, 4) is 0 Å². The maximum atomic E-state index is 11.3. The fraction of sp³-hybridized carbons (Fsp3) is 0.850. The molecular weight excluding hydrogens is 320 g/mol. The maximum Gasteiger partial charge on any atom is 0.305 e. The lowest BCUT2D eigenvalue weighted by atomic mass is 10.1. The van der Waals surface area contributed by atoms with Crippen LogP contribution in [0.2, 0.25) is 0 Å². The molecule has 0 aliphatic carbocycles. The summed E-state index contributed by atoms with van der Waals surface area (Å²) in [6.07, 6.45) is 18.0. The topological polar surface area (TPSA) is 46.5 Å².